The summed E-state index contributed by atoms with van der Waals surface area (Å²) in [6, 6.07) is 3.71. The molecule has 2 aromatic heterocycles. The molecule has 26 heavy (non-hydrogen) atoms. The van der Waals surface area contributed by atoms with Crippen molar-refractivity contribution in [2.75, 3.05) is 6.54 Å². The third-order valence-electron chi connectivity index (χ3n) is 5.25. The number of hydrogen-bond acceptors (Lipinski definition) is 5. The van der Waals surface area contributed by atoms with Gasteiger partial charge in [0.05, 0.1) is 23.3 Å². The van der Waals surface area contributed by atoms with Crippen LogP contribution in [0.3, 0.4) is 0 Å². The summed E-state index contributed by atoms with van der Waals surface area (Å²) < 4.78 is 6.58. The first kappa shape index (κ1) is 16.8. The Labute approximate surface area is 151 Å². The minimum Gasteiger partial charge on any atom is -0.365 e. The van der Waals surface area contributed by atoms with Crippen molar-refractivity contribution in [3.63, 3.8) is 0 Å². The smallest absolute Gasteiger partial charge is 0.225 e. The second kappa shape index (κ2) is 6.93. The molecule has 0 bridgehead atoms. The Bertz CT molecular complexity index is 781. The van der Waals surface area contributed by atoms with Crippen molar-refractivity contribution < 1.29 is 14.1 Å². The monoisotopic (exact) mass is 357 g/mol. The first-order valence-corrected chi connectivity index (χ1v) is 9.11. The Hall–Kier alpha value is -2.64. The zero-order valence-electron chi connectivity index (χ0n) is 14.8. The number of piperidine rings is 1. The van der Waals surface area contributed by atoms with E-state index in [1.807, 2.05) is 18.0 Å². The van der Waals surface area contributed by atoms with Gasteiger partial charge in [-0.3, -0.25) is 14.3 Å². The molecular formula is C18H23N5O3. The van der Waals surface area contributed by atoms with Crippen molar-refractivity contribution in [1.29, 1.82) is 0 Å². The van der Waals surface area contributed by atoms with Crippen molar-refractivity contribution >= 4 is 11.8 Å². The fourth-order valence-corrected chi connectivity index (χ4v) is 3.81. The van der Waals surface area contributed by atoms with E-state index >= 15 is 0 Å². The van der Waals surface area contributed by atoms with Gasteiger partial charge in [-0.05, 0) is 25.3 Å². The lowest BCUT2D eigenvalue weighted by Crippen LogP contribution is -2.49. The van der Waals surface area contributed by atoms with E-state index in [2.05, 4.69) is 15.6 Å². The van der Waals surface area contributed by atoms with Crippen molar-refractivity contribution in [2.24, 2.45) is 13.0 Å². The van der Waals surface area contributed by atoms with E-state index in [4.69, 9.17) is 4.52 Å². The van der Waals surface area contributed by atoms with E-state index in [0.717, 1.165) is 24.2 Å². The molecule has 0 spiro atoms. The molecule has 3 heterocycles. The Morgan fingerprint density at radius 3 is 2.85 bits per heavy atom. The second-order valence-corrected chi connectivity index (χ2v) is 7.03. The van der Waals surface area contributed by atoms with Crippen LogP contribution in [-0.4, -0.2) is 44.2 Å². The normalized spacial score (nSPS) is 23.3. The van der Waals surface area contributed by atoms with Gasteiger partial charge in [-0.25, -0.2) is 0 Å². The van der Waals surface area contributed by atoms with Gasteiger partial charge in [0.1, 0.15) is 6.26 Å². The zero-order valence-corrected chi connectivity index (χ0v) is 14.8. The Kier molecular flexibility index (Phi) is 4.48. The number of likely N-dealkylation sites (tertiary alicyclic amines) is 1. The van der Waals surface area contributed by atoms with E-state index < -0.39 is 0 Å². The summed E-state index contributed by atoms with van der Waals surface area (Å²) >= 11 is 0. The zero-order chi connectivity index (χ0) is 18.1. The maximum Gasteiger partial charge on any atom is 0.225 e. The molecule has 2 aromatic rings. The fourth-order valence-electron chi connectivity index (χ4n) is 3.81. The first-order valence-electron chi connectivity index (χ1n) is 9.11. The number of nitrogens with one attached hydrogen (secondary N) is 1. The topological polar surface area (TPSA) is 93.3 Å². The van der Waals surface area contributed by atoms with Gasteiger partial charge in [-0.1, -0.05) is 5.16 Å². The summed E-state index contributed by atoms with van der Waals surface area (Å²) in [7, 11) is 1.86. The van der Waals surface area contributed by atoms with Crippen LogP contribution in [0.1, 0.15) is 43.1 Å². The molecule has 138 valence electrons. The van der Waals surface area contributed by atoms with Gasteiger partial charge in [0, 0.05) is 44.7 Å². The first-order chi connectivity index (χ1) is 12.6. The standard InChI is InChI=1S/C18H23N5O3/c1-22-15(7-10-20-22)17-14(4-5-16(24)23(17)13-2-3-13)18(25)19-9-6-12-8-11-26-21-12/h7-8,10-11,13-14,17H,2-6,9H2,1H3,(H,19,25)/t14-,17-/m0/s1. The minimum atomic E-state index is -0.263. The van der Waals surface area contributed by atoms with E-state index in [1.54, 1.807) is 16.9 Å². The van der Waals surface area contributed by atoms with Gasteiger partial charge >= 0.3 is 0 Å². The van der Waals surface area contributed by atoms with Gasteiger partial charge in [-0.2, -0.15) is 5.10 Å². The molecule has 4 rings (SSSR count). The Morgan fingerprint density at radius 2 is 2.19 bits per heavy atom. The van der Waals surface area contributed by atoms with E-state index in [0.29, 0.717) is 25.8 Å². The summed E-state index contributed by atoms with van der Waals surface area (Å²) in [5, 5.41) is 11.1. The predicted molar refractivity (Wildman–Crippen MR) is 91.8 cm³/mol. The van der Waals surface area contributed by atoms with Crippen molar-refractivity contribution in [3.05, 3.63) is 36.0 Å². The largest absolute Gasteiger partial charge is 0.365 e. The predicted octanol–water partition coefficient (Wildman–Crippen LogP) is 1.21. The molecule has 1 N–H and O–H groups in total. The molecule has 0 aromatic carbocycles. The molecule has 1 saturated heterocycles. The lowest BCUT2D eigenvalue weighted by Gasteiger charge is -2.40. The molecular weight excluding hydrogens is 334 g/mol. The molecule has 0 radical (unpaired) electrons. The highest BCUT2D eigenvalue weighted by molar-refractivity contribution is 5.85. The van der Waals surface area contributed by atoms with Crippen molar-refractivity contribution in [2.45, 2.75) is 44.2 Å². The van der Waals surface area contributed by atoms with E-state index in [9.17, 15) is 9.59 Å². The Morgan fingerprint density at radius 1 is 1.35 bits per heavy atom. The minimum absolute atomic E-state index is 0.0159. The summed E-state index contributed by atoms with van der Waals surface area (Å²) in [6.45, 7) is 0.497. The molecule has 1 aliphatic heterocycles. The molecule has 2 fully saturated rings. The van der Waals surface area contributed by atoms with E-state index in [1.165, 1.54) is 6.26 Å². The number of carbonyl (C=O) groups is 2. The fraction of sp³-hybridized carbons (Fsp3) is 0.556. The maximum absolute atomic E-state index is 12.9. The van der Waals surface area contributed by atoms with Gasteiger partial charge in [-0.15, -0.1) is 0 Å². The number of nitrogens with zero attached hydrogens (tertiary/aromatic N) is 4. The average molecular weight is 357 g/mol. The van der Waals surface area contributed by atoms with Crippen LogP contribution in [0.25, 0.3) is 0 Å². The van der Waals surface area contributed by atoms with Gasteiger partial charge in [0.2, 0.25) is 11.8 Å². The third-order valence-corrected chi connectivity index (χ3v) is 5.25. The highest BCUT2D eigenvalue weighted by atomic mass is 16.5. The van der Waals surface area contributed by atoms with Crippen LogP contribution >= 0.6 is 0 Å². The second-order valence-electron chi connectivity index (χ2n) is 7.03. The number of hydrogen-bond donors (Lipinski definition) is 1. The molecule has 1 aliphatic carbocycles. The lowest BCUT2D eigenvalue weighted by molar-refractivity contribution is -0.144. The number of amides is 2. The summed E-state index contributed by atoms with van der Waals surface area (Å²) in [6.07, 6.45) is 6.88. The van der Waals surface area contributed by atoms with E-state index in [-0.39, 0.29) is 29.8 Å². The maximum atomic E-state index is 12.9. The van der Waals surface area contributed by atoms with Crippen LogP contribution in [0.15, 0.2) is 29.1 Å². The van der Waals surface area contributed by atoms with Crippen LogP contribution in [0.2, 0.25) is 0 Å². The SMILES string of the molecule is Cn1nccc1[C@@H]1[C@@H](C(=O)NCCc2ccon2)CCC(=O)N1C1CC1. The molecule has 0 unspecified atom stereocenters. The molecule has 1 saturated carbocycles. The number of carbonyl (C=O) groups excluding carboxylic acids is 2. The Balaban J connectivity index is 1.51. The van der Waals surface area contributed by atoms with Crippen LogP contribution < -0.4 is 5.32 Å². The average Bonchev–Trinajstić information content (AvgIpc) is 3.15. The van der Waals surface area contributed by atoms with Gasteiger partial charge < -0.3 is 14.7 Å². The summed E-state index contributed by atoms with van der Waals surface area (Å²) in [5.74, 6) is -0.135. The number of aryl methyl sites for hydroxylation is 1. The molecule has 8 nitrogen and oxygen atoms in total. The number of rotatable bonds is 6. The van der Waals surface area contributed by atoms with Gasteiger partial charge in [0.15, 0.2) is 0 Å². The highest BCUT2D eigenvalue weighted by Crippen LogP contribution is 2.43. The summed E-state index contributed by atoms with van der Waals surface area (Å²) in [5.41, 5.74) is 1.73. The summed E-state index contributed by atoms with van der Waals surface area (Å²) in [4.78, 5) is 27.4. The van der Waals surface area contributed by atoms with Crippen LogP contribution in [0.4, 0.5) is 0 Å². The van der Waals surface area contributed by atoms with Crippen LogP contribution in [0, 0.1) is 5.92 Å². The number of aromatic nitrogens is 3. The highest BCUT2D eigenvalue weighted by Gasteiger charge is 2.47. The third kappa shape index (κ3) is 3.23. The van der Waals surface area contributed by atoms with Crippen molar-refractivity contribution in [3.8, 4) is 0 Å². The van der Waals surface area contributed by atoms with Crippen LogP contribution in [0.5, 0.6) is 0 Å². The molecule has 2 atom stereocenters. The molecule has 2 aliphatic rings. The lowest BCUT2D eigenvalue weighted by atomic mass is 9.85. The van der Waals surface area contributed by atoms with Crippen molar-refractivity contribution in [1.82, 2.24) is 25.2 Å². The quantitative estimate of drug-likeness (QED) is 0.839. The van der Waals surface area contributed by atoms with Gasteiger partial charge in [0.25, 0.3) is 0 Å². The molecule has 2 amide bonds. The molecule has 8 heteroatoms. The van der Waals surface area contributed by atoms with Crippen LogP contribution in [-0.2, 0) is 23.1 Å².